The molecule has 33 heavy (non-hydrogen) atoms. The Morgan fingerprint density at radius 1 is 0.606 bits per heavy atom. The second-order valence-electron chi connectivity index (χ2n) is 8.07. The molecule has 0 bridgehead atoms. The highest BCUT2D eigenvalue weighted by Gasteiger charge is 2.26. The van der Waals surface area contributed by atoms with E-state index in [0.717, 1.165) is 39.6 Å². The van der Waals surface area contributed by atoms with Gasteiger partial charge >= 0.3 is 0 Å². The topological polar surface area (TPSA) is 13.1 Å². The molecule has 0 spiro atoms. The summed E-state index contributed by atoms with van der Waals surface area (Å²) in [7, 11) is 0. The quantitative estimate of drug-likeness (QED) is 0.238. The lowest BCUT2D eigenvalue weighted by Gasteiger charge is -2.21. The number of hydrogen-bond donors (Lipinski definition) is 0. The van der Waals surface area contributed by atoms with Crippen molar-refractivity contribution in [3.63, 3.8) is 0 Å². The van der Waals surface area contributed by atoms with Crippen LogP contribution in [0.4, 0.5) is 0 Å². The number of hydrogen-bond acceptors (Lipinski definition) is 1. The highest BCUT2D eigenvalue weighted by Crippen LogP contribution is 2.48. The Morgan fingerprint density at radius 2 is 1.09 bits per heavy atom. The van der Waals surface area contributed by atoms with Crippen LogP contribution in [0.1, 0.15) is 11.1 Å². The third kappa shape index (κ3) is 3.72. The molecular weight excluding hydrogens is 400 g/mol. The average Bonchev–Trinajstić information content (AvgIpc) is 3.28. The molecule has 5 rings (SSSR count). The lowest BCUT2D eigenvalue weighted by molar-refractivity contribution is 0.602. The van der Waals surface area contributed by atoms with Crippen molar-refractivity contribution in [2.24, 2.45) is 0 Å². The zero-order chi connectivity index (χ0) is 22.6. The van der Waals surface area contributed by atoms with Gasteiger partial charge in [0.2, 0.25) is 0 Å². The summed E-state index contributed by atoms with van der Waals surface area (Å²) in [6.07, 6.45) is 8.52. The maximum Gasteiger partial charge on any atom is 0.174 e. The van der Waals surface area contributed by atoms with E-state index in [0.29, 0.717) is 6.42 Å². The largest absolute Gasteiger partial charge is 0.452 e. The molecular formula is C32H25O. The third-order valence-electron chi connectivity index (χ3n) is 6.02. The molecule has 1 heterocycles. The van der Waals surface area contributed by atoms with Gasteiger partial charge in [-0.15, -0.1) is 13.2 Å². The molecule has 0 N–H and O–H groups in total. The van der Waals surface area contributed by atoms with E-state index in [1.165, 1.54) is 22.3 Å². The van der Waals surface area contributed by atoms with Gasteiger partial charge in [0.05, 0.1) is 0 Å². The van der Waals surface area contributed by atoms with Crippen molar-refractivity contribution in [1.82, 2.24) is 0 Å². The predicted octanol–water partition coefficient (Wildman–Crippen LogP) is 8.69. The average molecular weight is 426 g/mol. The fourth-order valence-electron chi connectivity index (χ4n) is 4.69. The smallest absolute Gasteiger partial charge is 0.174 e. The molecule has 1 aromatic heterocycles. The summed E-state index contributed by atoms with van der Waals surface area (Å²) < 4.78 is 6.22. The molecule has 1 nitrogen and oxygen atoms in total. The first-order valence-corrected chi connectivity index (χ1v) is 11.2. The molecule has 0 aliphatic carbocycles. The fraction of sp³-hybridized carbons (Fsp3) is 0.0625. The van der Waals surface area contributed by atoms with Crippen LogP contribution in [-0.4, -0.2) is 0 Å². The second kappa shape index (κ2) is 9.18. The maximum atomic E-state index is 6.22. The van der Waals surface area contributed by atoms with Gasteiger partial charge in [0, 0.05) is 22.1 Å². The van der Waals surface area contributed by atoms with E-state index in [2.05, 4.69) is 104 Å². The number of fused-ring (bicyclic) bond motifs is 1. The predicted molar refractivity (Wildman–Crippen MR) is 139 cm³/mol. The first-order chi connectivity index (χ1) is 16.3. The monoisotopic (exact) mass is 425 g/mol. The molecule has 159 valence electrons. The number of allylic oxidation sites excluding steroid dienone is 2. The molecule has 0 unspecified atom stereocenters. The van der Waals surface area contributed by atoms with Crippen molar-refractivity contribution in [2.75, 3.05) is 0 Å². The number of benzene rings is 4. The first kappa shape index (κ1) is 20.8. The first-order valence-electron chi connectivity index (χ1n) is 11.2. The maximum absolute atomic E-state index is 6.22. The van der Waals surface area contributed by atoms with Gasteiger partial charge in [-0.05, 0) is 40.7 Å². The third-order valence-corrected chi connectivity index (χ3v) is 6.02. The molecule has 1 heteroatoms. The van der Waals surface area contributed by atoms with Gasteiger partial charge in [-0.25, -0.2) is 0 Å². The van der Waals surface area contributed by atoms with Gasteiger partial charge < -0.3 is 4.42 Å². The standard InChI is InChI=1S/C32H25O/c1-3-14-26-22-33-32-29(24-18-10-6-11-19-24)27(15-4-2)28(23-16-8-5-9-17-23)30(31(26)32)25-20-12-7-13-21-25/h3-13,16-21H,1-2,14-15H2. The van der Waals surface area contributed by atoms with Gasteiger partial charge in [-0.1, -0.05) is 103 Å². The van der Waals surface area contributed by atoms with E-state index in [9.17, 15) is 0 Å². The van der Waals surface area contributed by atoms with Gasteiger partial charge in [-0.2, -0.15) is 0 Å². The van der Waals surface area contributed by atoms with Crippen LogP contribution in [0, 0.1) is 6.26 Å². The normalized spacial score (nSPS) is 10.9. The van der Waals surface area contributed by atoms with Gasteiger partial charge in [0.1, 0.15) is 5.58 Å². The lowest BCUT2D eigenvalue weighted by Crippen LogP contribution is -1.99. The van der Waals surface area contributed by atoms with Gasteiger partial charge in [0.15, 0.2) is 6.26 Å². The summed E-state index contributed by atoms with van der Waals surface area (Å²) in [5.74, 6) is 0. The summed E-state index contributed by atoms with van der Waals surface area (Å²) in [5.41, 5.74) is 10.1. The Kier molecular flexibility index (Phi) is 5.78. The Hall–Kier alpha value is -4.10. The molecule has 0 aliphatic rings. The minimum atomic E-state index is 0.691. The van der Waals surface area contributed by atoms with Crippen molar-refractivity contribution in [1.29, 1.82) is 0 Å². The van der Waals surface area contributed by atoms with Crippen LogP contribution in [0.2, 0.25) is 0 Å². The van der Waals surface area contributed by atoms with Crippen LogP contribution in [0.15, 0.2) is 121 Å². The molecule has 5 aromatic rings. The van der Waals surface area contributed by atoms with Crippen molar-refractivity contribution in [3.05, 3.63) is 134 Å². The molecule has 0 fully saturated rings. The summed E-state index contributed by atoms with van der Waals surface area (Å²) >= 11 is 0. The van der Waals surface area contributed by atoms with Crippen LogP contribution in [0.3, 0.4) is 0 Å². The minimum Gasteiger partial charge on any atom is -0.452 e. The van der Waals surface area contributed by atoms with Crippen molar-refractivity contribution < 1.29 is 4.42 Å². The highest BCUT2D eigenvalue weighted by molar-refractivity contribution is 6.12. The molecule has 0 amide bonds. The van der Waals surface area contributed by atoms with E-state index in [1.54, 1.807) is 0 Å². The van der Waals surface area contributed by atoms with E-state index in [4.69, 9.17) is 4.42 Å². The number of furan rings is 1. The van der Waals surface area contributed by atoms with E-state index < -0.39 is 0 Å². The van der Waals surface area contributed by atoms with Crippen LogP contribution in [0.5, 0.6) is 0 Å². The minimum absolute atomic E-state index is 0.691. The van der Waals surface area contributed by atoms with E-state index in [-0.39, 0.29) is 0 Å². The fourth-order valence-corrected chi connectivity index (χ4v) is 4.69. The van der Waals surface area contributed by atoms with Crippen LogP contribution in [-0.2, 0) is 12.8 Å². The zero-order valence-corrected chi connectivity index (χ0v) is 18.6. The van der Waals surface area contributed by atoms with Crippen LogP contribution in [0.25, 0.3) is 44.3 Å². The zero-order valence-electron chi connectivity index (χ0n) is 18.6. The Bertz CT molecular complexity index is 1410. The summed E-state index contributed by atoms with van der Waals surface area (Å²) in [6, 6.07) is 31.7. The molecule has 1 radical (unpaired) electrons. The van der Waals surface area contributed by atoms with Crippen LogP contribution < -0.4 is 0 Å². The van der Waals surface area contributed by atoms with Crippen LogP contribution >= 0.6 is 0 Å². The highest BCUT2D eigenvalue weighted by atomic mass is 16.3. The summed E-state index contributed by atoms with van der Waals surface area (Å²) in [6.45, 7) is 8.07. The molecule has 0 aliphatic heterocycles. The van der Waals surface area contributed by atoms with Gasteiger partial charge in [-0.3, -0.25) is 0 Å². The van der Waals surface area contributed by atoms with Crippen molar-refractivity contribution >= 4 is 11.0 Å². The molecule has 4 aromatic carbocycles. The Balaban J connectivity index is 2.04. The Labute approximate surface area is 195 Å². The molecule has 0 atom stereocenters. The molecule has 0 saturated carbocycles. The van der Waals surface area contributed by atoms with Gasteiger partial charge in [0.25, 0.3) is 0 Å². The number of rotatable bonds is 7. The summed E-state index contributed by atoms with van der Waals surface area (Å²) in [4.78, 5) is 0. The van der Waals surface area contributed by atoms with Crippen molar-refractivity contribution in [2.45, 2.75) is 12.8 Å². The van der Waals surface area contributed by atoms with E-state index >= 15 is 0 Å². The summed E-state index contributed by atoms with van der Waals surface area (Å²) in [5, 5.41) is 1.10. The molecule has 0 saturated heterocycles. The van der Waals surface area contributed by atoms with E-state index in [1.807, 2.05) is 18.2 Å². The lowest BCUT2D eigenvalue weighted by atomic mass is 9.81. The Morgan fingerprint density at radius 3 is 1.61 bits per heavy atom. The van der Waals surface area contributed by atoms with Crippen molar-refractivity contribution in [3.8, 4) is 33.4 Å². The second-order valence-corrected chi connectivity index (χ2v) is 8.07. The SMILES string of the molecule is C=CCc1c(-c2ccccc2)c(-c2ccccc2)c2c(CC=C)[c]oc2c1-c1ccccc1.